The number of halogens is 1. The summed E-state index contributed by atoms with van der Waals surface area (Å²) in [6.07, 6.45) is 1.88. The van der Waals surface area contributed by atoms with Gasteiger partial charge >= 0.3 is 0 Å². The zero-order chi connectivity index (χ0) is 28.3. The van der Waals surface area contributed by atoms with Crippen molar-refractivity contribution in [3.05, 3.63) is 29.3 Å². The maximum absolute atomic E-state index is 13.7. The van der Waals surface area contributed by atoms with Crippen molar-refractivity contribution in [1.29, 1.82) is 0 Å². The first kappa shape index (κ1) is 30.0. The van der Waals surface area contributed by atoms with Crippen LogP contribution in [0, 0.1) is 0 Å². The number of amides is 1. The minimum absolute atomic E-state index is 0.0228. The van der Waals surface area contributed by atoms with Crippen molar-refractivity contribution in [2.45, 2.75) is 27.7 Å². The van der Waals surface area contributed by atoms with Gasteiger partial charge < -0.3 is 24.1 Å². The molecule has 1 aromatic carbocycles. The Morgan fingerprint density at radius 3 is 2.48 bits per heavy atom. The third-order valence-electron chi connectivity index (χ3n) is 8.23. The highest BCUT2D eigenvalue weighted by Crippen LogP contribution is 2.43. The Hall–Kier alpha value is -1.49. The van der Waals surface area contributed by atoms with Gasteiger partial charge in [0.15, 0.2) is 9.84 Å². The van der Waals surface area contributed by atoms with Gasteiger partial charge in [-0.3, -0.25) is 14.6 Å². The number of morpholine rings is 2. The zero-order valence-electron chi connectivity index (χ0n) is 23.1. The normalized spacial score (nSPS) is 24.9. The van der Waals surface area contributed by atoms with Crippen LogP contribution in [0.1, 0.15) is 18.4 Å². The average molecular weight is 690 g/mol. The molecule has 0 aromatic heterocycles. The summed E-state index contributed by atoms with van der Waals surface area (Å²) in [6, 6.07) is 5.20. The number of hydrogen-bond acceptors (Lipinski definition) is 10. The van der Waals surface area contributed by atoms with Crippen molar-refractivity contribution < 1.29 is 27.4 Å². The van der Waals surface area contributed by atoms with Gasteiger partial charge in [0.25, 0.3) is 0 Å². The molecule has 0 radical (unpaired) electrons. The molecular formula is C27H40IN5O6S. The van der Waals surface area contributed by atoms with Gasteiger partial charge in [0, 0.05) is 51.4 Å². The second-order valence-corrected chi connectivity index (χ2v) is 13.9. The minimum atomic E-state index is -3.76. The quantitative estimate of drug-likeness (QED) is 0.182. The Morgan fingerprint density at radius 1 is 1.10 bits per heavy atom. The predicted molar refractivity (Wildman–Crippen MR) is 160 cm³/mol. The monoisotopic (exact) mass is 689 g/mol. The number of ether oxygens (including phenoxy) is 3. The zero-order valence-corrected chi connectivity index (χ0v) is 26.1. The number of methoxy groups -OCH3 is 1. The van der Waals surface area contributed by atoms with Crippen LogP contribution in [0.25, 0.3) is 5.70 Å². The van der Waals surface area contributed by atoms with Crippen molar-refractivity contribution in [2.24, 2.45) is 5.84 Å². The number of piperidine rings is 1. The van der Waals surface area contributed by atoms with Gasteiger partial charge in [0.2, 0.25) is 5.91 Å². The smallest absolute Gasteiger partial charge is 0.239 e. The van der Waals surface area contributed by atoms with Gasteiger partial charge in [0.05, 0.1) is 51.0 Å². The van der Waals surface area contributed by atoms with Crippen molar-refractivity contribution in [1.82, 2.24) is 19.7 Å². The van der Waals surface area contributed by atoms with Gasteiger partial charge in [-0.05, 0) is 31.0 Å². The van der Waals surface area contributed by atoms with Gasteiger partial charge in [-0.25, -0.2) is 14.3 Å². The van der Waals surface area contributed by atoms with E-state index in [1.807, 2.05) is 0 Å². The number of carbonyl (C=O) groups excluding carboxylic acids is 1. The van der Waals surface area contributed by atoms with E-state index in [1.54, 1.807) is 28.1 Å². The van der Waals surface area contributed by atoms with Crippen LogP contribution in [0.5, 0.6) is 5.75 Å². The summed E-state index contributed by atoms with van der Waals surface area (Å²) < 4.78 is 43.0. The van der Waals surface area contributed by atoms with Crippen LogP contribution in [0.4, 0.5) is 0 Å². The highest BCUT2D eigenvalue weighted by molar-refractivity contribution is 14.1. The molecule has 13 heteroatoms. The Kier molecular flexibility index (Phi) is 9.91. The summed E-state index contributed by atoms with van der Waals surface area (Å²) >= 11 is 2.09. The SMILES string of the molecule is COc1cccc2c1S(=O)(=O)CC(C(I)C(=O)N1CCOCC1)=C2N(N)[C@H]1CCCN(CCN2CCOCC2)C1. The molecule has 1 unspecified atom stereocenters. The van der Waals surface area contributed by atoms with E-state index < -0.39 is 13.8 Å². The maximum Gasteiger partial charge on any atom is 0.239 e. The molecule has 0 aliphatic carbocycles. The number of carbonyl (C=O) groups is 1. The van der Waals surface area contributed by atoms with Gasteiger partial charge in [-0.1, -0.05) is 34.7 Å². The highest BCUT2D eigenvalue weighted by Gasteiger charge is 2.41. The van der Waals surface area contributed by atoms with Gasteiger partial charge in [-0.15, -0.1) is 0 Å². The van der Waals surface area contributed by atoms with Crippen molar-refractivity contribution in [3.63, 3.8) is 0 Å². The number of likely N-dealkylation sites (tertiary alicyclic amines) is 1. The summed E-state index contributed by atoms with van der Waals surface area (Å²) in [6.45, 7) is 9.11. The molecule has 1 aromatic rings. The lowest BCUT2D eigenvalue weighted by molar-refractivity contribution is -0.133. The molecule has 222 valence electrons. The van der Waals surface area contributed by atoms with Crippen LogP contribution >= 0.6 is 22.6 Å². The van der Waals surface area contributed by atoms with Gasteiger partial charge in [-0.2, -0.15) is 0 Å². The lowest BCUT2D eigenvalue weighted by Gasteiger charge is -2.42. The number of alkyl halides is 1. The van der Waals surface area contributed by atoms with Crippen LogP contribution in [0.3, 0.4) is 0 Å². The Labute approximate surface area is 250 Å². The van der Waals surface area contributed by atoms with Crippen molar-refractivity contribution >= 4 is 44.0 Å². The number of hydrogen-bond donors (Lipinski definition) is 1. The van der Waals surface area contributed by atoms with E-state index in [9.17, 15) is 13.2 Å². The van der Waals surface area contributed by atoms with E-state index in [4.69, 9.17) is 20.1 Å². The maximum atomic E-state index is 13.7. The van der Waals surface area contributed by atoms with E-state index in [0.29, 0.717) is 48.9 Å². The molecule has 5 rings (SSSR count). The second-order valence-electron chi connectivity index (χ2n) is 10.7. The molecule has 0 saturated carbocycles. The fourth-order valence-corrected chi connectivity index (χ4v) is 9.07. The topological polar surface area (TPSA) is 118 Å². The Morgan fingerprint density at radius 2 is 1.77 bits per heavy atom. The number of nitrogens with zero attached hydrogens (tertiary/aromatic N) is 4. The molecule has 4 aliphatic rings. The summed E-state index contributed by atoms with van der Waals surface area (Å²) in [7, 11) is -2.29. The van der Waals surface area contributed by atoms with Crippen LogP contribution < -0.4 is 10.6 Å². The van der Waals surface area contributed by atoms with Crippen molar-refractivity contribution in [2.75, 3.05) is 91.6 Å². The van der Waals surface area contributed by atoms with E-state index in [1.165, 1.54) is 7.11 Å². The molecule has 0 bridgehead atoms. The standard InChI is InChI=1S/C27H40IN5O6S/c1-37-23-6-2-5-21-25(33(29)20-4-3-7-31(18-20)9-8-30-10-14-38-15-11-30)22(19-40(35,36)26(21)23)24(28)27(34)32-12-16-39-17-13-32/h2,5-6,20,24H,3-4,7-19,29H2,1H3/t20-,24?/m0/s1. The number of hydrazine groups is 1. The summed E-state index contributed by atoms with van der Waals surface area (Å²) in [4.78, 5) is 20.4. The van der Waals surface area contributed by atoms with Crippen molar-refractivity contribution in [3.8, 4) is 5.75 Å². The summed E-state index contributed by atoms with van der Waals surface area (Å²) in [5.41, 5.74) is 1.67. The highest BCUT2D eigenvalue weighted by atomic mass is 127. The number of nitrogens with two attached hydrogens (primary N) is 1. The van der Waals surface area contributed by atoms with Crippen LogP contribution in [-0.4, -0.2) is 136 Å². The molecular weight excluding hydrogens is 649 g/mol. The number of rotatable bonds is 8. The molecule has 40 heavy (non-hydrogen) atoms. The molecule has 2 N–H and O–H groups in total. The Bertz CT molecular complexity index is 1200. The molecule has 3 fully saturated rings. The average Bonchev–Trinajstić information content (AvgIpc) is 2.99. The van der Waals surface area contributed by atoms with Crippen LogP contribution in [0.15, 0.2) is 28.7 Å². The fourth-order valence-electron chi connectivity index (χ4n) is 6.04. The second kappa shape index (κ2) is 13.2. The van der Waals surface area contributed by atoms with Crippen LogP contribution in [-0.2, 0) is 24.1 Å². The molecule has 0 spiro atoms. The molecule has 4 heterocycles. The van der Waals surface area contributed by atoms with Gasteiger partial charge in [0.1, 0.15) is 14.6 Å². The fraction of sp³-hybridized carbons (Fsp3) is 0.667. The first-order valence-corrected chi connectivity index (χ1v) is 16.9. The molecule has 11 nitrogen and oxygen atoms in total. The van der Waals surface area contributed by atoms with E-state index >= 15 is 0 Å². The first-order valence-electron chi connectivity index (χ1n) is 14.0. The lowest BCUT2D eigenvalue weighted by atomic mass is 9.98. The Balaban J connectivity index is 1.46. The minimum Gasteiger partial charge on any atom is -0.495 e. The summed E-state index contributed by atoms with van der Waals surface area (Å²) in [5.74, 6) is 6.87. The molecule has 3 saturated heterocycles. The molecule has 2 atom stereocenters. The lowest BCUT2D eigenvalue weighted by Crippen LogP contribution is -2.53. The van der Waals surface area contributed by atoms with E-state index in [2.05, 4.69) is 32.4 Å². The third-order valence-corrected chi connectivity index (χ3v) is 11.2. The summed E-state index contributed by atoms with van der Waals surface area (Å²) in [5, 5.41) is 1.75. The van der Waals surface area contributed by atoms with Crippen LogP contribution in [0.2, 0.25) is 0 Å². The number of sulfone groups is 1. The third kappa shape index (κ3) is 6.45. The molecule has 1 amide bonds. The predicted octanol–water partition coefficient (Wildman–Crippen LogP) is 0.828. The largest absolute Gasteiger partial charge is 0.495 e. The number of benzene rings is 1. The van der Waals surface area contributed by atoms with E-state index in [0.717, 1.165) is 65.3 Å². The number of fused-ring (bicyclic) bond motifs is 1. The first-order chi connectivity index (χ1) is 19.3. The van der Waals surface area contributed by atoms with E-state index in [-0.39, 0.29) is 22.6 Å². The molecule has 4 aliphatic heterocycles.